The Bertz CT molecular complexity index is 1070. The van der Waals surface area contributed by atoms with Crippen molar-refractivity contribution in [3.63, 3.8) is 0 Å². The number of nitrogens with one attached hydrogen (secondary N) is 1. The molecular weight excluding hydrogens is 392 g/mol. The van der Waals surface area contributed by atoms with Gasteiger partial charge in [0, 0.05) is 17.3 Å². The summed E-state index contributed by atoms with van der Waals surface area (Å²) >= 11 is 0. The highest BCUT2D eigenvalue weighted by Gasteiger charge is 2.30. The molecule has 0 spiro atoms. The van der Waals surface area contributed by atoms with Crippen LogP contribution < -0.4 is 14.2 Å². The molecule has 0 unspecified atom stereocenters. The second-order valence-electron chi connectivity index (χ2n) is 6.36. The van der Waals surface area contributed by atoms with Crippen molar-refractivity contribution in [2.75, 3.05) is 21.3 Å². The molecule has 30 heavy (non-hydrogen) atoms. The van der Waals surface area contributed by atoms with Crippen LogP contribution in [0.3, 0.4) is 0 Å². The van der Waals surface area contributed by atoms with Crippen LogP contribution in [0.5, 0.6) is 17.2 Å². The van der Waals surface area contributed by atoms with Crippen molar-refractivity contribution < 1.29 is 29.0 Å². The van der Waals surface area contributed by atoms with E-state index in [-0.39, 0.29) is 22.6 Å². The van der Waals surface area contributed by atoms with Crippen molar-refractivity contribution in [2.45, 2.75) is 6.42 Å². The average molecular weight is 412 g/mol. The van der Waals surface area contributed by atoms with Gasteiger partial charge < -0.3 is 24.3 Å². The van der Waals surface area contributed by atoms with Crippen LogP contribution >= 0.6 is 0 Å². The molecule has 0 saturated heterocycles. The minimum Gasteiger partial charge on any atom is -0.497 e. The summed E-state index contributed by atoms with van der Waals surface area (Å²) in [6.45, 7) is 0. The molecule has 1 aromatic heterocycles. The highest BCUT2D eigenvalue weighted by molar-refractivity contribution is 5.90. The molecule has 156 valence electrons. The largest absolute Gasteiger partial charge is 0.497 e. The van der Waals surface area contributed by atoms with E-state index in [1.807, 2.05) is 0 Å². The van der Waals surface area contributed by atoms with E-state index in [0.717, 1.165) is 0 Å². The summed E-state index contributed by atoms with van der Waals surface area (Å²) in [6, 6.07) is 11.5. The average Bonchev–Trinajstić information content (AvgIpc) is 3.12. The first kappa shape index (κ1) is 20.7. The van der Waals surface area contributed by atoms with Crippen molar-refractivity contribution in [2.24, 2.45) is 0 Å². The van der Waals surface area contributed by atoms with Gasteiger partial charge in [-0.1, -0.05) is 0 Å². The summed E-state index contributed by atoms with van der Waals surface area (Å²) in [5, 5.41) is 21.4. The summed E-state index contributed by atoms with van der Waals surface area (Å²) in [5.74, 6) is 0.319. The third-order valence-corrected chi connectivity index (χ3v) is 4.58. The Labute approximate surface area is 172 Å². The van der Waals surface area contributed by atoms with E-state index in [1.54, 1.807) is 42.5 Å². The smallest absolute Gasteiger partial charge is 0.309 e. The van der Waals surface area contributed by atoms with Gasteiger partial charge in [-0.05, 0) is 42.0 Å². The van der Waals surface area contributed by atoms with Crippen LogP contribution in [0.4, 0.5) is 5.69 Å². The number of carboxylic acids is 1. The van der Waals surface area contributed by atoms with Crippen LogP contribution in [-0.4, -0.2) is 42.3 Å². The van der Waals surface area contributed by atoms with E-state index in [0.29, 0.717) is 28.4 Å². The molecule has 3 rings (SSSR count). The first-order valence-electron chi connectivity index (χ1n) is 8.86. The number of aromatic amines is 1. The molecule has 9 nitrogen and oxygen atoms in total. The lowest BCUT2D eigenvalue weighted by Gasteiger charge is -2.09. The molecule has 0 saturated carbocycles. The number of hydrogen-bond acceptors (Lipinski definition) is 6. The lowest BCUT2D eigenvalue weighted by molar-refractivity contribution is -0.383. The molecule has 0 fully saturated rings. The number of rotatable bonds is 8. The quantitative estimate of drug-likeness (QED) is 0.424. The number of aliphatic carboxylic acids is 1. The SMILES string of the molecule is COc1ccc(-c2[nH]c(CC(=O)O)c(-c3cc(OC)cc(OC)c3)c2[N+](=O)[O-])cc1. The van der Waals surface area contributed by atoms with Gasteiger partial charge in [-0.25, -0.2) is 0 Å². The van der Waals surface area contributed by atoms with Gasteiger partial charge in [-0.3, -0.25) is 14.9 Å². The number of benzene rings is 2. The molecule has 2 N–H and O–H groups in total. The Morgan fingerprint density at radius 2 is 1.53 bits per heavy atom. The minimum atomic E-state index is -1.12. The van der Waals surface area contributed by atoms with Gasteiger partial charge in [0.25, 0.3) is 0 Å². The number of nitro groups is 1. The topological polar surface area (TPSA) is 124 Å². The maximum Gasteiger partial charge on any atom is 0.309 e. The Kier molecular flexibility index (Phi) is 5.91. The van der Waals surface area contributed by atoms with Gasteiger partial charge in [0.15, 0.2) is 0 Å². The van der Waals surface area contributed by atoms with Crippen molar-refractivity contribution >= 4 is 11.7 Å². The summed E-state index contributed by atoms with van der Waals surface area (Å²) in [6.07, 6.45) is -0.425. The summed E-state index contributed by atoms with van der Waals surface area (Å²) in [7, 11) is 4.45. The van der Waals surface area contributed by atoms with Gasteiger partial charge >= 0.3 is 11.7 Å². The van der Waals surface area contributed by atoms with E-state index in [2.05, 4.69) is 4.98 Å². The molecule has 1 heterocycles. The number of H-pyrrole nitrogens is 1. The van der Waals surface area contributed by atoms with Crippen LogP contribution in [0.2, 0.25) is 0 Å². The molecule has 0 radical (unpaired) electrons. The van der Waals surface area contributed by atoms with Crippen molar-refractivity contribution in [1.29, 1.82) is 0 Å². The molecule has 0 bridgehead atoms. The maximum absolute atomic E-state index is 12.1. The zero-order valence-corrected chi connectivity index (χ0v) is 16.6. The van der Waals surface area contributed by atoms with Gasteiger partial charge in [0.05, 0.1) is 38.2 Å². The number of aromatic nitrogens is 1. The molecule has 0 amide bonds. The molecule has 0 aliphatic heterocycles. The fraction of sp³-hybridized carbons (Fsp3) is 0.190. The predicted molar refractivity (Wildman–Crippen MR) is 109 cm³/mol. The molecule has 9 heteroatoms. The summed E-state index contributed by atoms with van der Waals surface area (Å²) in [5.41, 5.74) is 1.28. The number of methoxy groups -OCH3 is 3. The minimum absolute atomic E-state index is 0.172. The highest BCUT2D eigenvalue weighted by Crippen LogP contribution is 2.43. The van der Waals surface area contributed by atoms with Gasteiger partial charge in [0.1, 0.15) is 22.9 Å². The zero-order valence-electron chi connectivity index (χ0n) is 16.6. The third-order valence-electron chi connectivity index (χ3n) is 4.58. The van der Waals surface area contributed by atoms with Crippen molar-refractivity contribution in [3.8, 4) is 39.6 Å². The molecule has 0 atom stereocenters. The monoisotopic (exact) mass is 412 g/mol. The molecule has 0 aliphatic carbocycles. The van der Waals surface area contributed by atoms with Gasteiger partial charge in [-0.15, -0.1) is 0 Å². The number of carboxylic acid groups (broad SMARTS) is 1. The van der Waals surface area contributed by atoms with E-state index < -0.39 is 17.3 Å². The fourth-order valence-electron chi connectivity index (χ4n) is 3.24. The Morgan fingerprint density at radius 1 is 0.967 bits per heavy atom. The van der Waals surface area contributed by atoms with Crippen LogP contribution in [-0.2, 0) is 11.2 Å². The van der Waals surface area contributed by atoms with Crippen LogP contribution in [0.25, 0.3) is 22.4 Å². The lowest BCUT2D eigenvalue weighted by Crippen LogP contribution is -2.02. The second-order valence-corrected chi connectivity index (χ2v) is 6.36. The predicted octanol–water partition coefficient (Wildman–Crippen LogP) is 3.91. The van der Waals surface area contributed by atoms with E-state index in [1.165, 1.54) is 21.3 Å². The van der Waals surface area contributed by atoms with Gasteiger partial charge in [0.2, 0.25) is 0 Å². The molecule has 3 aromatic rings. The van der Waals surface area contributed by atoms with Gasteiger partial charge in [-0.2, -0.15) is 0 Å². The fourth-order valence-corrected chi connectivity index (χ4v) is 3.24. The van der Waals surface area contributed by atoms with Crippen molar-refractivity contribution in [3.05, 3.63) is 58.3 Å². The molecule has 2 aromatic carbocycles. The Hall–Kier alpha value is -4.01. The summed E-state index contributed by atoms with van der Waals surface area (Å²) < 4.78 is 15.7. The number of hydrogen-bond donors (Lipinski definition) is 2. The first-order chi connectivity index (χ1) is 14.4. The Morgan fingerprint density at radius 3 is 2.00 bits per heavy atom. The zero-order chi connectivity index (χ0) is 21.8. The Balaban J connectivity index is 2.31. The molecule has 0 aliphatic rings. The number of ether oxygens (including phenoxy) is 3. The molecular formula is C21H20N2O7. The van der Waals surface area contributed by atoms with Crippen molar-refractivity contribution in [1.82, 2.24) is 4.98 Å². The van der Waals surface area contributed by atoms with E-state index in [9.17, 15) is 20.0 Å². The maximum atomic E-state index is 12.1. The first-order valence-corrected chi connectivity index (χ1v) is 8.86. The van der Waals surface area contributed by atoms with Crippen LogP contribution in [0.1, 0.15) is 5.69 Å². The number of nitrogens with zero attached hydrogens (tertiary/aromatic N) is 1. The second kappa shape index (κ2) is 8.56. The van der Waals surface area contributed by atoms with Crippen LogP contribution in [0.15, 0.2) is 42.5 Å². The lowest BCUT2D eigenvalue weighted by atomic mass is 10.0. The normalized spacial score (nSPS) is 10.5. The van der Waals surface area contributed by atoms with E-state index >= 15 is 0 Å². The number of carbonyl (C=O) groups is 1. The standard InChI is InChI=1S/C21H20N2O7/c1-28-14-6-4-12(5-7-14)20-21(23(26)27)19(17(22-20)11-18(24)25)13-8-15(29-2)10-16(9-13)30-3/h4-10,22H,11H2,1-3H3,(H,24,25). The highest BCUT2D eigenvalue weighted by atomic mass is 16.6. The van der Waals surface area contributed by atoms with E-state index in [4.69, 9.17) is 14.2 Å². The third kappa shape index (κ3) is 4.04. The summed E-state index contributed by atoms with van der Waals surface area (Å²) in [4.78, 5) is 25.9. The van der Waals surface area contributed by atoms with Crippen LogP contribution in [0, 0.1) is 10.1 Å².